The number of hydrogen-bond donors (Lipinski definition) is 1. The monoisotopic (exact) mass is 393 g/mol. The maximum atomic E-state index is 9.77. The number of aromatic nitrogens is 3. The van der Waals surface area contributed by atoms with Gasteiger partial charge in [0.05, 0.1) is 18.9 Å². The molecule has 0 aliphatic heterocycles. The summed E-state index contributed by atoms with van der Waals surface area (Å²) >= 11 is 0. The minimum absolute atomic E-state index is 0.459. The molecule has 0 aliphatic rings. The average molecular weight is 394 g/mol. The SMILES string of the molecule is CCCCCC(CC)c1ccccc1O.COc1nnncc1-c1ccccc1. The summed E-state index contributed by atoms with van der Waals surface area (Å²) in [5, 5.41) is 20.8. The summed E-state index contributed by atoms with van der Waals surface area (Å²) < 4.78 is 5.09. The van der Waals surface area contributed by atoms with Gasteiger partial charge in [0.1, 0.15) is 5.75 Å². The molecule has 0 saturated heterocycles. The Balaban J connectivity index is 0.000000207. The lowest BCUT2D eigenvalue weighted by molar-refractivity contribution is 0.390. The second-order valence-corrected chi connectivity index (χ2v) is 6.88. The second kappa shape index (κ2) is 12.5. The van der Waals surface area contributed by atoms with Gasteiger partial charge in [-0.1, -0.05) is 86.7 Å². The highest BCUT2D eigenvalue weighted by atomic mass is 16.5. The summed E-state index contributed by atoms with van der Waals surface area (Å²) in [6.45, 7) is 4.42. The molecular weight excluding hydrogens is 362 g/mol. The Morgan fingerprint density at radius 2 is 1.69 bits per heavy atom. The van der Waals surface area contributed by atoms with Gasteiger partial charge in [-0.3, -0.25) is 0 Å². The molecule has 0 radical (unpaired) electrons. The third-order valence-electron chi connectivity index (χ3n) is 4.91. The van der Waals surface area contributed by atoms with Crippen molar-refractivity contribution in [1.82, 2.24) is 15.4 Å². The van der Waals surface area contributed by atoms with Gasteiger partial charge in [-0.05, 0) is 41.2 Å². The van der Waals surface area contributed by atoms with E-state index in [0.29, 0.717) is 17.5 Å². The van der Waals surface area contributed by atoms with E-state index in [4.69, 9.17) is 4.74 Å². The van der Waals surface area contributed by atoms with Gasteiger partial charge in [-0.2, -0.15) is 0 Å². The highest BCUT2D eigenvalue weighted by molar-refractivity contribution is 5.66. The normalized spacial score (nSPS) is 11.3. The number of aromatic hydroxyl groups is 1. The van der Waals surface area contributed by atoms with Crippen LogP contribution in [0.25, 0.3) is 11.1 Å². The third-order valence-corrected chi connectivity index (χ3v) is 4.91. The molecular formula is C24H31N3O2. The Morgan fingerprint density at radius 1 is 0.966 bits per heavy atom. The predicted molar refractivity (Wildman–Crippen MR) is 117 cm³/mol. The molecule has 5 heteroatoms. The number of hydrogen-bond acceptors (Lipinski definition) is 5. The summed E-state index contributed by atoms with van der Waals surface area (Å²) in [5.41, 5.74) is 2.99. The third kappa shape index (κ3) is 6.86. The highest BCUT2D eigenvalue weighted by Gasteiger charge is 2.12. The lowest BCUT2D eigenvalue weighted by atomic mass is 9.90. The molecule has 0 amide bonds. The van der Waals surface area contributed by atoms with Crippen LogP contribution in [-0.4, -0.2) is 27.6 Å². The van der Waals surface area contributed by atoms with E-state index in [1.165, 1.54) is 25.7 Å². The first-order chi connectivity index (χ1) is 14.2. The number of phenols is 1. The Morgan fingerprint density at radius 3 is 2.34 bits per heavy atom. The van der Waals surface area contributed by atoms with E-state index in [9.17, 15) is 5.11 Å². The molecule has 0 spiro atoms. The van der Waals surface area contributed by atoms with Gasteiger partial charge in [0, 0.05) is 0 Å². The minimum Gasteiger partial charge on any atom is -0.508 e. The minimum atomic E-state index is 0.459. The van der Waals surface area contributed by atoms with E-state index in [1.807, 2.05) is 42.5 Å². The Bertz CT molecular complexity index is 840. The van der Waals surface area contributed by atoms with E-state index in [0.717, 1.165) is 23.1 Å². The molecule has 154 valence electrons. The van der Waals surface area contributed by atoms with Crippen LogP contribution in [0.2, 0.25) is 0 Å². The molecule has 3 rings (SSSR count). The molecule has 3 aromatic rings. The summed E-state index contributed by atoms with van der Waals surface area (Å²) in [6.07, 6.45) is 7.77. The van der Waals surface area contributed by atoms with Crippen LogP contribution in [0, 0.1) is 0 Å². The number of benzene rings is 2. The van der Waals surface area contributed by atoms with Crippen molar-refractivity contribution in [2.75, 3.05) is 7.11 Å². The second-order valence-electron chi connectivity index (χ2n) is 6.88. The van der Waals surface area contributed by atoms with Gasteiger partial charge >= 0.3 is 0 Å². The first kappa shape index (κ1) is 22.3. The smallest absolute Gasteiger partial charge is 0.244 e. The zero-order valence-corrected chi connectivity index (χ0v) is 17.6. The van der Waals surface area contributed by atoms with Crippen LogP contribution in [0.4, 0.5) is 0 Å². The van der Waals surface area contributed by atoms with Crippen molar-refractivity contribution in [2.45, 2.75) is 51.9 Å². The van der Waals surface area contributed by atoms with Crippen molar-refractivity contribution >= 4 is 0 Å². The fraction of sp³-hybridized carbons (Fsp3) is 0.375. The maximum Gasteiger partial charge on any atom is 0.244 e. The number of rotatable bonds is 8. The van der Waals surface area contributed by atoms with Gasteiger partial charge in [0.15, 0.2) is 0 Å². The largest absolute Gasteiger partial charge is 0.508 e. The van der Waals surface area contributed by atoms with Gasteiger partial charge < -0.3 is 9.84 Å². The van der Waals surface area contributed by atoms with Crippen molar-refractivity contribution in [3.63, 3.8) is 0 Å². The van der Waals surface area contributed by atoms with Crippen molar-refractivity contribution in [3.05, 3.63) is 66.4 Å². The standard InChI is InChI=1S/C14H22O.C10H9N3O/c1-3-5-6-9-12(4-2)13-10-7-8-11-14(13)15;1-14-10-9(7-11-13-12-10)8-5-3-2-4-6-8/h7-8,10-12,15H,3-6,9H2,1-2H3;2-7H,1H3. The topological polar surface area (TPSA) is 68.1 Å². The van der Waals surface area contributed by atoms with E-state index in [2.05, 4.69) is 35.3 Å². The van der Waals surface area contributed by atoms with Gasteiger partial charge in [-0.15, -0.1) is 5.10 Å². The molecule has 5 nitrogen and oxygen atoms in total. The van der Waals surface area contributed by atoms with Crippen molar-refractivity contribution in [2.24, 2.45) is 0 Å². The van der Waals surface area contributed by atoms with Crippen LogP contribution in [0.1, 0.15) is 57.4 Å². The van der Waals surface area contributed by atoms with Crippen LogP contribution < -0.4 is 4.74 Å². The van der Waals surface area contributed by atoms with E-state index >= 15 is 0 Å². The summed E-state index contributed by atoms with van der Waals surface area (Å²) in [6, 6.07) is 17.5. The lowest BCUT2D eigenvalue weighted by Gasteiger charge is -2.16. The lowest BCUT2D eigenvalue weighted by Crippen LogP contribution is -1.97. The van der Waals surface area contributed by atoms with Crippen LogP contribution in [-0.2, 0) is 0 Å². The van der Waals surface area contributed by atoms with E-state index in [-0.39, 0.29) is 0 Å². The molecule has 0 bridgehead atoms. The molecule has 1 N–H and O–H groups in total. The van der Waals surface area contributed by atoms with Crippen LogP contribution in [0.5, 0.6) is 11.6 Å². The number of phenolic OH excluding ortho intramolecular Hbond substituents is 1. The average Bonchev–Trinajstić information content (AvgIpc) is 2.78. The quantitative estimate of drug-likeness (QED) is 0.474. The number of para-hydroxylation sites is 1. The number of ether oxygens (including phenoxy) is 1. The first-order valence-electron chi connectivity index (χ1n) is 10.3. The summed E-state index contributed by atoms with van der Waals surface area (Å²) in [4.78, 5) is 0. The summed E-state index contributed by atoms with van der Waals surface area (Å²) in [5.74, 6) is 1.48. The molecule has 1 atom stereocenters. The number of unbranched alkanes of at least 4 members (excludes halogenated alkanes) is 2. The molecule has 1 heterocycles. The molecule has 2 aromatic carbocycles. The zero-order chi connectivity index (χ0) is 20.9. The first-order valence-corrected chi connectivity index (χ1v) is 10.3. The Labute approximate surface area is 173 Å². The van der Waals surface area contributed by atoms with Crippen molar-refractivity contribution < 1.29 is 9.84 Å². The maximum absolute atomic E-state index is 9.77. The fourth-order valence-electron chi connectivity index (χ4n) is 3.28. The van der Waals surface area contributed by atoms with Gasteiger partial charge in [-0.25, -0.2) is 0 Å². The molecule has 0 saturated carbocycles. The molecule has 1 unspecified atom stereocenters. The van der Waals surface area contributed by atoms with E-state index in [1.54, 1.807) is 19.4 Å². The molecule has 1 aromatic heterocycles. The van der Waals surface area contributed by atoms with Gasteiger partial charge in [0.2, 0.25) is 5.88 Å². The molecule has 29 heavy (non-hydrogen) atoms. The molecule has 0 fully saturated rings. The van der Waals surface area contributed by atoms with Crippen molar-refractivity contribution in [3.8, 4) is 22.8 Å². The van der Waals surface area contributed by atoms with Crippen LogP contribution in [0.3, 0.4) is 0 Å². The number of nitrogens with zero attached hydrogens (tertiary/aromatic N) is 3. The predicted octanol–water partition coefficient (Wildman–Crippen LogP) is 6.01. The van der Waals surface area contributed by atoms with Crippen LogP contribution >= 0.6 is 0 Å². The van der Waals surface area contributed by atoms with E-state index < -0.39 is 0 Å². The van der Waals surface area contributed by atoms with Gasteiger partial charge in [0.25, 0.3) is 0 Å². The number of methoxy groups -OCH3 is 1. The summed E-state index contributed by atoms with van der Waals surface area (Å²) in [7, 11) is 1.57. The van der Waals surface area contributed by atoms with Crippen molar-refractivity contribution in [1.29, 1.82) is 0 Å². The highest BCUT2D eigenvalue weighted by Crippen LogP contribution is 2.31. The fourth-order valence-corrected chi connectivity index (χ4v) is 3.28. The Hall–Kier alpha value is -2.95. The van der Waals surface area contributed by atoms with Crippen LogP contribution in [0.15, 0.2) is 60.8 Å². The zero-order valence-electron chi connectivity index (χ0n) is 17.6. The molecule has 0 aliphatic carbocycles. The Kier molecular flexibility index (Phi) is 9.63.